The Bertz CT molecular complexity index is 64.7. The standard InChI is InChI=1S/C4H8FNO/c1-2-4(7)6-3-5/h2-3H2,1H3,(H,6,7). The van der Waals surface area contributed by atoms with Gasteiger partial charge >= 0.3 is 0 Å². The Hall–Kier alpha value is -0.600. The minimum Gasteiger partial charge on any atom is -0.329 e. The molecule has 0 fully saturated rings. The van der Waals surface area contributed by atoms with Crippen molar-refractivity contribution >= 4 is 5.91 Å². The zero-order chi connectivity index (χ0) is 5.70. The van der Waals surface area contributed by atoms with Crippen LogP contribution in [0.15, 0.2) is 0 Å². The predicted molar refractivity (Wildman–Crippen MR) is 24.4 cm³/mol. The second-order valence-corrected chi connectivity index (χ2v) is 1.09. The van der Waals surface area contributed by atoms with E-state index in [9.17, 15) is 9.18 Å². The van der Waals surface area contributed by atoms with E-state index in [1.165, 1.54) is 0 Å². The van der Waals surface area contributed by atoms with E-state index in [1.807, 2.05) is 5.32 Å². The van der Waals surface area contributed by atoms with E-state index < -0.39 is 6.80 Å². The van der Waals surface area contributed by atoms with Crippen LogP contribution in [0, 0.1) is 0 Å². The first-order valence-corrected chi connectivity index (χ1v) is 2.14. The smallest absolute Gasteiger partial charge is 0.221 e. The zero-order valence-electron chi connectivity index (χ0n) is 4.20. The number of rotatable bonds is 2. The number of alkyl halides is 1. The van der Waals surface area contributed by atoms with Crippen LogP contribution in [-0.2, 0) is 4.79 Å². The highest BCUT2D eigenvalue weighted by molar-refractivity contribution is 5.75. The lowest BCUT2D eigenvalue weighted by atomic mass is 10.5. The van der Waals surface area contributed by atoms with E-state index in [0.717, 1.165) is 0 Å². The topological polar surface area (TPSA) is 29.1 Å². The van der Waals surface area contributed by atoms with Crippen molar-refractivity contribution in [3.63, 3.8) is 0 Å². The fraction of sp³-hybridized carbons (Fsp3) is 0.750. The lowest BCUT2D eigenvalue weighted by Gasteiger charge is -1.91. The maximum absolute atomic E-state index is 11.1. The van der Waals surface area contributed by atoms with Crippen LogP contribution >= 0.6 is 0 Å². The second-order valence-electron chi connectivity index (χ2n) is 1.09. The highest BCUT2D eigenvalue weighted by Crippen LogP contribution is 1.72. The number of carbonyl (C=O) groups is 1. The average molecular weight is 105 g/mol. The quantitative estimate of drug-likeness (QED) is 0.507. The summed E-state index contributed by atoms with van der Waals surface area (Å²) in [5.41, 5.74) is 0. The monoisotopic (exact) mass is 105 g/mol. The van der Waals surface area contributed by atoms with E-state index in [2.05, 4.69) is 0 Å². The Morgan fingerprint density at radius 2 is 2.43 bits per heavy atom. The third kappa shape index (κ3) is 3.22. The molecule has 42 valence electrons. The van der Waals surface area contributed by atoms with Gasteiger partial charge in [-0.25, -0.2) is 4.39 Å². The third-order valence-corrected chi connectivity index (χ3v) is 0.585. The SMILES string of the molecule is CCC(=O)NCF. The highest BCUT2D eigenvalue weighted by Gasteiger charge is 1.89. The number of carbonyl (C=O) groups excluding carboxylic acids is 1. The van der Waals surface area contributed by atoms with Crippen molar-refractivity contribution in [1.29, 1.82) is 0 Å². The normalized spacial score (nSPS) is 8.29. The van der Waals surface area contributed by atoms with Gasteiger partial charge in [0, 0.05) is 6.42 Å². The van der Waals surface area contributed by atoms with Crippen LogP contribution in [0.4, 0.5) is 4.39 Å². The molecule has 0 aliphatic heterocycles. The molecular weight excluding hydrogens is 97.0 g/mol. The van der Waals surface area contributed by atoms with Crippen LogP contribution in [0.1, 0.15) is 13.3 Å². The van der Waals surface area contributed by atoms with Crippen molar-refractivity contribution in [3.05, 3.63) is 0 Å². The number of halogens is 1. The minimum atomic E-state index is -0.757. The van der Waals surface area contributed by atoms with E-state index in [1.54, 1.807) is 6.92 Å². The molecule has 2 nitrogen and oxygen atoms in total. The van der Waals surface area contributed by atoms with Crippen LogP contribution < -0.4 is 5.32 Å². The van der Waals surface area contributed by atoms with Crippen molar-refractivity contribution in [2.45, 2.75) is 13.3 Å². The summed E-state index contributed by atoms with van der Waals surface area (Å²) in [7, 11) is 0. The Kier molecular flexibility index (Phi) is 3.28. The van der Waals surface area contributed by atoms with Crippen LogP contribution in [0.2, 0.25) is 0 Å². The van der Waals surface area contributed by atoms with Gasteiger partial charge < -0.3 is 5.32 Å². The Morgan fingerprint density at radius 3 is 2.57 bits per heavy atom. The molecule has 0 bridgehead atoms. The summed E-state index contributed by atoms with van der Waals surface area (Å²) in [6.45, 7) is 0.914. The Balaban J connectivity index is 3.00. The molecule has 0 aromatic carbocycles. The average Bonchev–Trinajstić information content (AvgIpc) is 1.68. The molecule has 0 aromatic rings. The second kappa shape index (κ2) is 3.59. The molecule has 0 saturated carbocycles. The van der Waals surface area contributed by atoms with Gasteiger partial charge in [0.05, 0.1) is 0 Å². The predicted octanol–water partition coefficient (Wildman–Crippen LogP) is 0.440. The maximum atomic E-state index is 11.1. The molecular formula is C4H8FNO. The van der Waals surface area contributed by atoms with Gasteiger partial charge in [0.2, 0.25) is 5.91 Å². The molecule has 0 heterocycles. The molecule has 0 rings (SSSR count). The van der Waals surface area contributed by atoms with Crippen molar-refractivity contribution in [2.24, 2.45) is 0 Å². The highest BCUT2D eigenvalue weighted by atomic mass is 19.1. The molecule has 1 amide bonds. The van der Waals surface area contributed by atoms with Crippen molar-refractivity contribution < 1.29 is 9.18 Å². The lowest BCUT2D eigenvalue weighted by molar-refractivity contribution is -0.121. The fourth-order valence-corrected chi connectivity index (χ4v) is 0.200. The zero-order valence-corrected chi connectivity index (χ0v) is 4.20. The summed E-state index contributed by atoms with van der Waals surface area (Å²) in [5, 5.41) is 1.99. The van der Waals surface area contributed by atoms with E-state index in [0.29, 0.717) is 6.42 Å². The Morgan fingerprint density at radius 1 is 1.86 bits per heavy atom. The van der Waals surface area contributed by atoms with E-state index in [4.69, 9.17) is 0 Å². The number of nitrogens with one attached hydrogen (secondary N) is 1. The molecule has 0 unspecified atom stereocenters. The van der Waals surface area contributed by atoms with E-state index >= 15 is 0 Å². The van der Waals surface area contributed by atoms with Crippen LogP contribution in [0.3, 0.4) is 0 Å². The summed E-state index contributed by atoms with van der Waals surface area (Å²) in [5.74, 6) is -0.248. The molecule has 0 saturated heterocycles. The van der Waals surface area contributed by atoms with Gasteiger partial charge in [0.1, 0.15) is 0 Å². The van der Waals surface area contributed by atoms with Gasteiger partial charge in [0.25, 0.3) is 0 Å². The first-order valence-electron chi connectivity index (χ1n) is 2.14. The number of hydrogen-bond donors (Lipinski definition) is 1. The van der Waals surface area contributed by atoms with E-state index in [-0.39, 0.29) is 5.91 Å². The van der Waals surface area contributed by atoms with Crippen LogP contribution in [0.5, 0.6) is 0 Å². The summed E-state index contributed by atoms with van der Waals surface area (Å²) >= 11 is 0. The molecule has 0 radical (unpaired) electrons. The van der Waals surface area contributed by atoms with Crippen molar-refractivity contribution in [2.75, 3.05) is 6.80 Å². The third-order valence-electron chi connectivity index (χ3n) is 0.585. The minimum absolute atomic E-state index is 0.248. The summed E-state index contributed by atoms with van der Waals surface area (Å²) < 4.78 is 11.1. The molecule has 0 spiro atoms. The summed E-state index contributed by atoms with van der Waals surface area (Å²) in [6.07, 6.45) is 0.351. The number of amides is 1. The van der Waals surface area contributed by atoms with Crippen molar-refractivity contribution in [3.8, 4) is 0 Å². The summed E-state index contributed by atoms with van der Waals surface area (Å²) in [4.78, 5) is 10.1. The molecule has 7 heavy (non-hydrogen) atoms. The first kappa shape index (κ1) is 6.40. The van der Waals surface area contributed by atoms with Gasteiger partial charge in [-0.05, 0) is 0 Å². The molecule has 0 aliphatic carbocycles. The lowest BCUT2D eigenvalue weighted by Crippen LogP contribution is -2.20. The molecule has 1 N–H and O–H groups in total. The summed E-state index contributed by atoms with van der Waals surface area (Å²) in [6, 6.07) is 0. The van der Waals surface area contributed by atoms with Crippen LogP contribution in [-0.4, -0.2) is 12.7 Å². The number of hydrogen-bond acceptors (Lipinski definition) is 1. The van der Waals surface area contributed by atoms with Crippen molar-refractivity contribution in [1.82, 2.24) is 5.32 Å². The molecule has 0 atom stereocenters. The Labute approximate surface area is 41.7 Å². The maximum Gasteiger partial charge on any atom is 0.221 e. The van der Waals surface area contributed by atoms with Gasteiger partial charge in [-0.1, -0.05) is 6.92 Å². The van der Waals surface area contributed by atoms with Gasteiger partial charge in [-0.3, -0.25) is 4.79 Å². The van der Waals surface area contributed by atoms with Gasteiger partial charge in [-0.2, -0.15) is 0 Å². The first-order chi connectivity index (χ1) is 3.31. The molecule has 0 aliphatic rings. The molecule has 0 aromatic heterocycles. The fourth-order valence-electron chi connectivity index (χ4n) is 0.200. The largest absolute Gasteiger partial charge is 0.329 e. The molecule has 3 heteroatoms. The van der Waals surface area contributed by atoms with Crippen LogP contribution in [0.25, 0.3) is 0 Å². The van der Waals surface area contributed by atoms with Gasteiger partial charge in [0.15, 0.2) is 6.80 Å². The van der Waals surface area contributed by atoms with Gasteiger partial charge in [-0.15, -0.1) is 0 Å².